The molecule has 0 aliphatic carbocycles. The Balaban J connectivity index is 2.00. The van der Waals surface area contributed by atoms with Gasteiger partial charge in [0.1, 0.15) is 29.5 Å². The molecule has 5 nitrogen and oxygen atoms in total. The van der Waals surface area contributed by atoms with Crippen molar-refractivity contribution >= 4 is 17.6 Å². The molecule has 0 radical (unpaired) electrons. The van der Waals surface area contributed by atoms with Crippen LogP contribution in [0.5, 0.6) is 17.2 Å². The van der Waals surface area contributed by atoms with Gasteiger partial charge in [0.25, 0.3) is 0 Å². The van der Waals surface area contributed by atoms with E-state index in [1.165, 1.54) is 19.2 Å². The zero-order chi connectivity index (χ0) is 20.9. The predicted octanol–water partition coefficient (Wildman–Crippen LogP) is 4.84. The quantitative estimate of drug-likeness (QED) is 0.652. The third kappa shape index (κ3) is 6.03. The minimum Gasteiger partial charge on any atom is -0.488 e. The molecule has 0 aromatic heterocycles. The van der Waals surface area contributed by atoms with Crippen LogP contribution in [0.3, 0.4) is 0 Å². The lowest BCUT2D eigenvalue weighted by atomic mass is 10.1. The second kappa shape index (κ2) is 9.16. The van der Waals surface area contributed by atoms with Crippen molar-refractivity contribution in [3.05, 3.63) is 53.1 Å². The summed E-state index contributed by atoms with van der Waals surface area (Å²) in [5.74, 6) is 0.254. The molecule has 0 saturated carbocycles. The molecule has 152 valence electrons. The van der Waals surface area contributed by atoms with Gasteiger partial charge in [-0.3, -0.25) is 4.79 Å². The minimum atomic E-state index is -4.49. The first-order valence-corrected chi connectivity index (χ1v) is 8.54. The number of rotatable bonds is 7. The number of benzene rings is 2. The van der Waals surface area contributed by atoms with Gasteiger partial charge in [0.05, 0.1) is 24.1 Å². The second-order valence-corrected chi connectivity index (χ2v) is 6.29. The average Bonchev–Trinajstić information content (AvgIpc) is 2.63. The monoisotopic (exact) mass is 418 g/mol. The largest absolute Gasteiger partial charge is 0.488 e. The molecular formula is C19H18ClF3O5. The standard InChI is InChI=1S/C19H18ClF3O5/c1-11(16(24)10-18(25)26-2)27-13-4-6-14(7-5-13)28-17-8-3-12(9-15(17)20)19(21,22)23/h3-9,11,16,24H,10H2,1-2H3. The maximum absolute atomic E-state index is 12.7. The molecule has 0 amide bonds. The number of aliphatic hydroxyl groups excluding tert-OH is 1. The van der Waals surface area contributed by atoms with E-state index in [0.29, 0.717) is 11.5 Å². The van der Waals surface area contributed by atoms with Crippen molar-refractivity contribution in [3.8, 4) is 17.2 Å². The molecule has 2 rings (SSSR count). The molecule has 2 atom stereocenters. The molecule has 0 saturated heterocycles. The number of alkyl halides is 3. The summed E-state index contributed by atoms with van der Waals surface area (Å²) in [6.07, 6.45) is -6.41. The van der Waals surface area contributed by atoms with E-state index in [-0.39, 0.29) is 17.2 Å². The molecule has 2 aromatic rings. The normalized spacial score (nSPS) is 13.5. The third-order valence-corrected chi connectivity index (χ3v) is 4.07. The van der Waals surface area contributed by atoms with Crippen LogP contribution in [0.2, 0.25) is 5.02 Å². The molecule has 0 heterocycles. The number of carbonyl (C=O) groups excluding carboxylic acids is 1. The molecule has 0 aliphatic heterocycles. The highest BCUT2D eigenvalue weighted by Gasteiger charge is 2.31. The van der Waals surface area contributed by atoms with Gasteiger partial charge < -0.3 is 19.3 Å². The number of hydrogen-bond acceptors (Lipinski definition) is 5. The van der Waals surface area contributed by atoms with Crippen molar-refractivity contribution in [1.29, 1.82) is 0 Å². The summed E-state index contributed by atoms with van der Waals surface area (Å²) in [6.45, 7) is 1.60. The van der Waals surface area contributed by atoms with E-state index in [1.54, 1.807) is 19.1 Å². The Labute approximate surface area is 164 Å². The molecule has 0 bridgehead atoms. The van der Waals surface area contributed by atoms with E-state index >= 15 is 0 Å². The number of carbonyl (C=O) groups is 1. The highest BCUT2D eigenvalue weighted by atomic mass is 35.5. The summed E-state index contributed by atoms with van der Waals surface area (Å²) in [5, 5.41) is 9.72. The fourth-order valence-corrected chi connectivity index (χ4v) is 2.41. The smallest absolute Gasteiger partial charge is 0.416 e. The molecule has 0 aliphatic rings. The molecule has 2 unspecified atom stereocenters. The van der Waals surface area contributed by atoms with E-state index in [0.717, 1.165) is 18.2 Å². The van der Waals surface area contributed by atoms with Gasteiger partial charge in [0.15, 0.2) is 0 Å². The van der Waals surface area contributed by atoms with Crippen LogP contribution in [-0.2, 0) is 15.7 Å². The summed E-state index contributed by atoms with van der Waals surface area (Å²) in [7, 11) is 1.22. The number of ether oxygens (including phenoxy) is 3. The highest BCUT2D eigenvalue weighted by Crippen LogP contribution is 2.36. The zero-order valence-corrected chi connectivity index (χ0v) is 15.8. The Morgan fingerprint density at radius 2 is 1.75 bits per heavy atom. The Bertz CT molecular complexity index is 808. The lowest BCUT2D eigenvalue weighted by Crippen LogP contribution is -2.31. The maximum atomic E-state index is 12.7. The number of aliphatic hydroxyl groups is 1. The summed E-state index contributed by atoms with van der Waals surface area (Å²) >= 11 is 5.86. The summed E-state index contributed by atoms with van der Waals surface area (Å²) < 4.78 is 53.5. The Morgan fingerprint density at radius 1 is 1.14 bits per heavy atom. The Morgan fingerprint density at radius 3 is 2.29 bits per heavy atom. The van der Waals surface area contributed by atoms with Crippen molar-refractivity contribution in [3.63, 3.8) is 0 Å². The van der Waals surface area contributed by atoms with E-state index in [9.17, 15) is 23.1 Å². The molecule has 28 heavy (non-hydrogen) atoms. The van der Waals surface area contributed by atoms with Crippen LogP contribution in [0.1, 0.15) is 18.9 Å². The number of methoxy groups -OCH3 is 1. The second-order valence-electron chi connectivity index (χ2n) is 5.89. The van der Waals surface area contributed by atoms with Crippen LogP contribution in [0.25, 0.3) is 0 Å². The third-order valence-electron chi connectivity index (χ3n) is 3.78. The van der Waals surface area contributed by atoms with Gasteiger partial charge in [-0.05, 0) is 49.4 Å². The fourth-order valence-electron chi connectivity index (χ4n) is 2.19. The number of hydrogen-bond donors (Lipinski definition) is 1. The first-order valence-electron chi connectivity index (χ1n) is 8.16. The van der Waals surface area contributed by atoms with Crippen molar-refractivity contribution in [1.82, 2.24) is 0 Å². The van der Waals surface area contributed by atoms with Gasteiger partial charge in [-0.15, -0.1) is 0 Å². The van der Waals surface area contributed by atoms with Gasteiger partial charge in [-0.2, -0.15) is 13.2 Å². The molecule has 0 spiro atoms. The molecule has 2 aromatic carbocycles. The van der Waals surface area contributed by atoms with Gasteiger partial charge in [0, 0.05) is 0 Å². The predicted molar refractivity (Wildman–Crippen MR) is 95.7 cm³/mol. The number of esters is 1. The van der Waals surface area contributed by atoms with E-state index in [4.69, 9.17) is 21.1 Å². The lowest BCUT2D eigenvalue weighted by Gasteiger charge is -2.20. The lowest BCUT2D eigenvalue weighted by molar-refractivity contribution is -0.144. The summed E-state index contributed by atoms with van der Waals surface area (Å²) in [6, 6.07) is 8.97. The Hall–Kier alpha value is -2.45. The highest BCUT2D eigenvalue weighted by molar-refractivity contribution is 6.32. The Kier molecular flexibility index (Phi) is 7.15. The van der Waals surface area contributed by atoms with Gasteiger partial charge in [0.2, 0.25) is 0 Å². The number of halogens is 4. The van der Waals surface area contributed by atoms with Gasteiger partial charge in [-0.25, -0.2) is 0 Å². The fraction of sp³-hybridized carbons (Fsp3) is 0.316. The van der Waals surface area contributed by atoms with Gasteiger partial charge in [-0.1, -0.05) is 11.6 Å². The van der Waals surface area contributed by atoms with Crippen LogP contribution < -0.4 is 9.47 Å². The molecule has 0 fully saturated rings. The van der Waals surface area contributed by atoms with Crippen molar-refractivity contribution in [2.24, 2.45) is 0 Å². The van der Waals surface area contributed by atoms with E-state index < -0.39 is 29.9 Å². The van der Waals surface area contributed by atoms with Crippen LogP contribution >= 0.6 is 11.6 Å². The topological polar surface area (TPSA) is 65.0 Å². The minimum absolute atomic E-state index is 0.0743. The average molecular weight is 419 g/mol. The van der Waals surface area contributed by atoms with Crippen LogP contribution in [-0.4, -0.2) is 30.4 Å². The SMILES string of the molecule is COC(=O)CC(O)C(C)Oc1ccc(Oc2ccc(C(F)(F)F)cc2Cl)cc1. The molecule has 1 N–H and O–H groups in total. The first kappa shape index (κ1) is 21.8. The van der Waals surface area contributed by atoms with Crippen molar-refractivity contribution in [2.75, 3.05) is 7.11 Å². The van der Waals surface area contributed by atoms with Crippen molar-refractivity contribution in [2.45, 2.75) is 31.7 Å². The van der Waals surface area contributed by atoms with Crippen LogP contribution in [0, 0.1) is 0 Å². The van der Waals surface area contributed by atoms with E-state index in [1.807, 2.05) is 0 Å². The first-order chi connectivity index (χ1) is 13.1. The van der Waals surface area contributed by atoms with Crippen molar-refractivity contribution < 1.29 is 37.3 Å². The summed E-state index contributed by atoms with van der Waals surface area (Å²) in [4.78, 5) is 11.2. The van der Waals surface area contributed by atoms with Crippen LogP contribution in [0.4, 0.5) is 13.2 Å². The molecule has 9 heteroatoms. The maximum Gasteiger partial charge on any atom is 0.416 e. The van der Waals surface area contributed by atoms with E-state index in [2.05, 4.69) is 4.74 Å². The zero-order valence-electron chi connectivity index (χ0n) is 15.0. The molecular weight excluding hydrogens is 401 g/mol. The summed E-state index contributed by atoms with van der Waals surface area (Å²) in [5.41, 5.74) is -0.868. The van der Waals surface area contributed by atoms with Crippen LogP contribution in [0.15, 0.2) is 42.5 Å². The van der Waals surface area contributed by atoms with Gasteiger partial charge >= 0.3 is 12.1 Å².